The predicted molar refractivity (Wildman–Crippen MR) is 60.4 cm³/mol. The second-order valence-corrected chi connectivity index (χ2v) is 3.46. The third-order valence-electron chi connectivity index (χ3n) is 1.98. The summed E-state index contributed by atoms with van der Waals surface area (Å²) in [6.07, 6.45) is -3.57. The van der Waals surface area contributed by atoms with E-state index in [9.17, 15) is 18.0 Å². The van der Waals surface area contributed by atoms with Crippen LogP contribution in [0.4, 0.5) is 19.1 Å². The molecule has 1 aromatic heterocycles. The van der Waals surface area contributed by atoms with E-state index in [0.717, 1.165) is 12.3 Å². The van der Waals surface area contributed by atoms with E-state index in [4.69, 9.17) is 4.74 Å². The maximum atomic E-state index is 12.4. The van der Waals surface area contributed by atoms with Crippen molar-refractivity contribution in [1.29, 1.82) is 0 Å². The number of hydrogen-bond donors (Lipinski definition) is 2. The van der Waals surface area contributed by atoms with Crippen LogP contribution in [0.3, 0.4) is 0 Å². The molecule has 0 spiro atoms. The van der Waals surface area contributed by atoms with Crippen molar-refractivity contribution in [2.75, 3.05) is 32.1 Å². The molecule has 0 saturated carbocycles. The number of halogens is 3. The highest BCUT2D eigenvalue weighted by Crippen LogP contribution is 2.27. The maximum Gasteiger partial charge on any atom is 0.433 e. The lowest BCUT2D eigenvalue weighted by molar-refractivity contribution is -0.141. The van der Waals surface area contributed by atoms with Crippen molar-refractivity contribution in [3.05, 3.63) is 18.0 Å². The summed E-state index contributed by atoms with van der Waals surface area (Å²) in [5, 5.41) is 4.90. The van der Waals surface area contributed by atoms with Crippen LogP contribution in [-0.4, -0.2) is 42.7 Å². The van der Waals surface area contributed by atoms with Crippen molar-refractivity contribution in [1.82, 2.24) is 15.3 Å². The highest BCUT2D eigenvalue weighted by molar-refractivity contribution is 5.80. The van der Waals surface area contributed by atoms with Crippen LogP contribution in [0.2, 0.25) is 0 Å². The van der Waals surface area contributed by atoms with Gasteiger partial charge in [0.2, 0.25) is 11.9 Å². The summed E-state index contributed by atoms with van der Waals surface area (Å²) in [7, 11) is 1.49. The fourth-order valence-corrected chi connectivity index (χ4v) is 1.12. The molecule has 1 heterocycles. The number of nitrogens with zero attached hydrogens (tertiary/aromatic N) is 2. The summed E-state index contributed by atoms with van der Waals surface area (Å²) in [6.45, 7) is 0.456. The minimum Gasteiger partial charge on any atom is -0.383 e. The molecule has 0 aliphatic rings. The summed E-state index contributed by atoms with van der Waals surface area (Å²) in [6, 6.07) is 0.754. The molecule has 106 valence electrons. The lowest BCUT2D eigenvalue weighted by Crippen LogP contribution is -2.32. The van der Waals surface area contributed by atoms with Crippen LogP contribution in [0.25, 0.3) is 0 Å². The maximum absolute atomic E-state index is 12.4. The topological polar surface area (TPSA) is 76.1 Å². The summed E-state index contributed by atoms with van der Waals surface area (Å²) < 4.78 is 41.8. The van der Waals surface area contributed by atoms with Gasteiger partial charge in [-0.1, -0.05) is 0 Å². The number of nitrogens with one attached hydrogen (secondary N) is 2. The number of carbonyl (C=O) groups excluding carboxylic acids is 1. The first-order valence-corrected chi connectivity index (χ1v) is 5.33. The third kappa shape index (κ3) is 5.51. The number of alkyl halides is 3. The Kier molecular flexibility index (Phi) is 5.49. The van der Waals surface area contributed by atoms with Gasteiger partial charge in [0.25, 0.3) is 0 Å². The Morgan fingerprint density at radius 3 is 2.84 bits per heavy atom. The zero-order chi connectivity index (χ0) is 14.3. The number of hydrogen-bond acceptors (Lipinski definition) is 5. The lowest BCUT2D eigenvalue weighted by Gasteiger charge is -2.08. The van der Waals surface area contributed by atoms with Gasteiger partial charge in [-0.25, -0.2) is 9.97 Å². The first-order valence-electron chi connectivity index (χ1n) is 5.33. The molecule has 6 nitrogen and oxygen atoms in total. The van der Waals surface area contributed by atoms with Crippen molar-refractivity contribution < 1.29 is 22.7 Å². The Bertz CT molecular complexity index is 425. The molecule has 2 N–H and O–H groups in total. The fraction of sp³-hybridized carbons (Fsp3) is 0.500. The number of aromatic nitrogens is 2. The number of carbonyl (C=O) groups is 1. The van der Waals surface area contributed by atoms with Crippen molar-refractivity contribution in [3.8, 4) is 0 Å². The van der Waals surface area contributed by atoms with Crippen LogP contribution >= 0.6 is 0 Å². The van der Waals surface area contributed by atoms with Gasteiger partial charge in [0.15, 0.2) is 0 Å². The van der Waals surface area contributed by atoms with E-state index in [2.05, 4.69) is 20.6 Å². The molecule has 1 aromatic rings. The summed E-state index contributed by atoms with van der Waals surface area (Å²) >= 11 is 0. The largest absolute Gasteiger partial charge is 0.433 e. The molecule has 0 aliphatic carbocycles. The highest BCUT2D eigenvalue weighted by Gasteiger charge is 2.32. The monoisotopic (exact) mass is 278 g/mol. The molecule has 1 amide bonds. The first-order chi connectivity index (χ1) is 8.93. The van der Waals surface area contributed by atoms with E-state index in [-0.39, 0.29) is 12.5 Å². The molecule has 0 unspecified atom stereocenters. The average Bonchev–Trinajstić information content (AvgIpc) is 2.36. The van der Waals surface area contributed by atoms with Gasteiger partial charge >= 0.3 is 6.18 Å². The number of ether oxygens (including phenoxy) is 1. The zero-order valence-electron chi connectivity index (χ0n) is 10.1. The molecule has 0 aromatic carbocycles. The van der Waals surface area contributed by atoms with Crippen molar-refractivity contribution in [2.45, 2.75) is 6.18 Å². The SMILES string of the molecule is COCCNC(=O)CNc1nccc(C(F)(F)F)n1. The van der Waals surface area contributed by atoms with E-state index >= 15 is 0 Å². The standard InChI is InChI=1S/C10H13F3N4O2/c1-19-5-4-14-8(18)6-16-9-15-3-2-7(17-9)10(11,12)13/h2-3H,4-6H2,1H3,(H,14,18)(H,15,16,17). The Balaban J connectivity index is 2.47. The van der Waals surface area contributed by atoms with Gasteiger partial charge in [0.1, 0.15) is 5.69 Å². The lowest BCUT2D eigenvalue weighted by atomic mass is 10.4. The molecule has 1 rings (SSSR count). The van der Waals surface area contributed by atoms with Gasteiger partial charge in [-0.2, -0.15) is 13.2 Å². The van der Waals surface area contributed by atoms with Crippen LogP contribution in [0.1, 0.15) is 5.69 Å². The Morgan fingerprint density at radius 1 is 1.47 bits per heavy atom. The van der Waals surface area contributed by atoms with Crippen molar-refractivity contribution >= 4 is 11.9 Å². The molecule has 0 fully saturated rings. The second-order valence-electron chi connectivity index (χ2n) is 3.46. The highest BCUT2D eigenvalue weighted by atomic mass is 19.4. The van der Waals surface area contributed by atoms with Crippen LogP contribution in [0, 0.1) is 0 Å². The average molecular weight is 278 g/mol. The molecular formula is C10H13F3N4O2. The predicted octanol–water partition coefficient (Wildman–Crippen LogP) is 0.670. The number of amides is 1. The molecule has 9 heteroatoms. The quantitative estimate of drug-likeness (QED) is 0.748. The van der Waals surface area contributed by atoms with E-state index in [1.165, 1.54) is 7.11 Å². The minimum atomic E-state index is -4.54. The molecular weight excluding hydrogens is 265 g/mol. The number of anilines is 1. The molecule has 0 saturated heterocycles. The number of methoxy groups -OCH3 is 1. The van der Waals surface area contributed by atoms with Crippen molar-refractivity contribution in [3.63, 3.8) is 0 Å². The number of rotatable bonds is 6. The molecule has 0 bridgehead atoms. The van der Waals surface area contributed by atoms with E-state index in [1.54, 1.807) is 0 Å². The first kappa shape index (κ1) is 15.2. The second kappa shape index (κ2) is 6.88. The zero-order valence-corrected chi connectivity index (χ0v) is 10.1. The van der Waals surface area contributed by atoms with Gasteiger partial charge in [-0.3, -0.25) is 4.79 Å². The van der Waals surface area contributed by atoms with E-state index in [0.29, 0.717) is 13.2 Å². The Labute approximate surface area is 107 Å². The van der Waals surface area contributed by atoms with Crippen LogP contribution < -0.4 is 10.6 Å². The molecule has 0 aliphatic heterocycles. The Morgan fingerprint density at radius 2 is 2.21 bits per heavy atom. The van der Waals surface area contributed by atoms with Crippen LogP contribution in [-0.2, 0) is 15.7 Å². The smallest absolute Gasteiger partial charge is 0.383 e. The van der Waals surface area contributed by atoms with Crippen LogP contribution in [0.5, 0.6) is 0 Å². The van der Waals surface area contributed by atoms with Gasteiger partial charge < -0.3 is 15.4 Å². The van der Waals surface area contributed by atoms with Crippen LogP contribution in [0.15, 0.2) is 12.3 Å². The third-order valence-corrected chi connectivity index (χ3v) is 1.98. The van der Waals surface area contributed by atoms with Crippen molar-refractivity contribution in [2.24, 2.45) is 0 Å². The van der Waals surface area contributed by atoms with E-state index in [1.807, 2.05) is 0 Å². The Hall–Kier alpha value is -1.90. The normalized spacial score (nSPS) is 11.2. The van der Waals surface area contributed by atoms with Gasteiger partial charge in [-0.05, 0) is 6.07 Å². The summed E-state index contributed by atoms with van der Waals surface area (Å²) in [5.41, 5.74) is -1.07. The minimum absolute atomic E-state index is 0.217. The molecule has 19 heavy (non-hydrogen) atoms. The van der Waals surface area contributed by atoms with E-state index < -0.39 is 17.8 Å². The van der Waals surface area contributed by atoms with Gasteiger partial charge in [-0.15, -0.1) is 0 Å². The molecule has 0 atom stereocenters. The van der Waals surface area contributed by atoms with Gasteiger partial charge in [0.05, 0.1) is 13.2 Å². The summed E-state index contributed by atoms with van der Waals surface area (Å²) in [5.74, 6) is -0.644. The fourth-order valence-electron chi connectivity index (χ4n) is 1.12. The summed E-state index contributed by atoms with van der Waals surface area (Å²) in [4.78, 5) is 18.1. The van der Waals surface area contributed by atoms with Gasteiger partial charge in [0, 0.05) is 19.9 Å². The molecule has 0 radical (unpaired) electrons.